The molecule has 0 aromatic heterocycles. The molecular formula is C19H17F3N2O2. The molecule has 0 unspecified atom stereocenters. The van der Waals surface area contributed by atoms with Crippen LogP contribution in [0.1, 0.15) is 15.9 Å². The quantitative estimate of drug-likeness (QED) is 0.603. The van der Waals surface area contributed by atoms with Gasteiger partial charge in [-0.3, -0.25) is 9.59 Å². The minimum absolute atomic E-state index is 0.0937. The van der Waals surface area contributed by atoms with Crippen molar-refractivity contribution in [2.24, 2.45) is 0 Å². The molecule has 26 heavy (non-hydrogen) atoms. The average Bonchev–Trinajstić information content (AvgIpc) is 2.64. The van der Waals surface area contributed by atoms with Crippen LogP contribution in [-0.2, 0) is 11.3 Å². The molecule has 2 aromatic rings. The predicted molar refractivity (Wildman–Crippen MR) is 92.2 cm³/mol. The minimum Gasteiger partial charge on any atom is -0.337 e. The molecule has 0 atom stereocenters. The summed E-state index contributed by atoms with van der Waals surface area (Å²) in [6.07, 6.45) is 1.17. The number of anilines is 1. The molecule has 0 saturated carbocycles. The van der Waals surface area contributed by atoms with Crippen molar-refractivity contribution in [3.8, 4) is 0 Å². The molecular weight excluding hydrogens is 345 g/mol. The summed E-state index contributed by atoms with van der Waals surface area (Å²) in [6, 6.07) is 7.96. The number of hydrogen-bond donors (Lipinski definition) is 0. The molecule has 0 radical (unpaired) electrons. The second-order valence-electron chi connectivity index (χ2n) is 5.68. The van der Waals surface area contributed by atoms with Gasteiger partial charge in [-0.1, -0.05) is 6.58 Å². The maximum atomic E-state index is 13.3. The van der Waals surface area contributed by atoms with Gasteiger partial charge in [0.25, 0.3) is 5.91 Å². The Kier molecular flexibility index (Phi) is 5.82. The van der Waals surface area contributed by atoms with Crippen molar-refractivity contribution in [3.05, 3.63) is 77.6 Å². The van der Waals surface area contributed by atoms with Crippen LogP contribution in [0.3, 0.4) is 0 Å². The van der Waals surface area contributed by atoms with Gasteiger partial charge in [-0.05, 0) is 48.0 Å². The number of carbonyl (C=O) groups excluding carboxylic acids is 2. The number of hydrogen-bond acceptors (Lipinski definition) is 2. The zero-order valence-corrected chi connectivity index (χ0v) is 14.3. The standard InChI is InChI=1S/C19H17F3N2O2/c1-4-17(25)24(3)14-7-5-13(6-8-14)19(26)23(2)11-12-9-15(20)18(22)16(21)10-12/h4-10H,1,11H2,2-3H3. The molecule has 2 aromatic carbocycles. The summed E-state index contributed by atoms with van der Waals surface area (Å²) in [4.78, 5) is 26.6. The van der Waals surface area contributed by atoms with E-state index in [2.05, 4.69) is 6.58 Å². The first kappa shape index (κ1) is 19.2. The largest absolute Gasteiger partial charge is 0.337 e. The normalized spacial score (nSPS) is 10.3. The number of amides is 2. The third-order valence-corrected chi connectivity index (χ3v) is 3.82. The highest BCUT2D eigenvalue weighted by Crippen LogP contribution is 2.18. The van der Waals surface area contributed by atoms with Crippen molar-refractivity contribution in [2.45, 2.75) is 6.54 Å². The Bertz CT molecular complexity index is 827. The van der Waals surface area contributed by atoms with Crippen LogP contribution < -0.4 is 4.90 Å². The van der Waals surface area contributed by atoms with Crippen LogP contribution in [-0.4, -0.2) is 30.8 Å². The maximum absolute atomic E-state index is 13.3. The first-order chi connectivity index (χ1) is 12.2. The fourth-order valence-electron chi connectivity index (χ4n) is 2.36. The van der Waals surface area contributed by atoms with E-state index in [-0.39, 0.29) is 23.9 Å². The van der Waals surface area contributed by atoms with Crippen LogP contribution in [0.4, 0.5) is 18.9 Å². The highest BCUT2D eigenvalue weighted by Gasteiger charge is 2.16. The third-order valence-electron chi connectivity index (χ3n) is 3.82. The molecule has 2 amide bonds. The Morgan fingerprint density at radius 3 is 2.08 bits per heavy atom. The number of carbonyl (C=O) groups is 2. The second-order valence-corrected chi connectivity index (χ2v) is 5.68. The fourth-order valence-corrected chi connectivity index (χ4v) is 2.36. The van der Waals surface area contributed by atoms with E-state index in [1.165, 1.54) is 35.1 Å². The van der Waals surface area contributed by atoms with Gasteiger partial charge in [0.1, 0.15) is 0 Å². The lowest BCUT2D eigenvalue weighted by Gasteiger charge is -2.19. The molecule has 0 aliphatic heterocycles. The molecule has 2 rings (SSSR count). The Morgan fingerprint density at radius 1 is 1.04 bits per heavy atom. The van der Waals surface area contributed by atoms with E-state index in [0.717, 1.165) is 12.1 Å². The lowest BCUT2D eigenvalue weighted by Crippen LogP contribution is -2.27. The van der Waals surface area contributed by atoms with E-state index < -0.39 is 17.5 Å². The molecule has 0 fully saturated rings. The van der Waals surface area contributed by atoms with Gasteiger partial charge in [0.2, 0.25) is 5.91 Å². The molecule has 0 aliphatic carbocycles. The van der Waals surface area contributed by atoms with Gasteiger partial charge in [-0.15, -0.1) is 0 Å². The van der Waals surface area contributed by atoms with Crippen LogP contribution in [0.5, 0.6) is 0 Å². The van der Waals surface area contributed by atoms with Crippen LogP contribution in [0.15, 0.2) is 49.1 Å². The molecule has 7 heteroatoms. The van der Waals surface area contributed by atoms with Crippen molar-refractivity contribution >= 4 is 17.5 Å². The minimum atomic E-state index is -1.54. The molecule has 0 heterocycles. The van der Waals surface area contributed by atoms with Gasteiger partial charge in [0.15, 0.2) is 17.5 Å². The van der Waals surface area contributed by atoms with Gasteiger partial charge in [-0.2, -0.15) is 0 Å². The molecule has 136 valence electrons. The molecule has 0 bridgehead atoms. The van der Waals surface area contributed by atoms with Crippen LogP contribution in [0, 0.1) is 17.5 Å². The summed E-state index contributed by atoms with van der Waals surface area (Å²) < 4.78 is 39.5. The third kappa shape index (κ3) is 4.11. The summed E-state index contributed by atoms with van der Waals surface area (Å²) in [6.45, 7) is 3.31. The van der Waals surface area contributed by atoms with E-state index in [0.29, 0.717) is 11.3 Å². The van der Waals surface area contributed by atoms with Gasteiger partial charge >= 0.3 is 0 Å². The summed E-state index contributed by atoms with van der Waals surface area (Å²) in [5.74, 6) is -4.84. The summed E-state index contributed by atoms with van der Waals surface area (Å²) in [5.41, 5.74) is 1.04. The van der Waals surface area contributed by atoms with Gasteiger partial charge < -0.3 is 9.80 Å². The lowest BCUT2D eigenvalue weighted by atomic mass is 10.1. The van der Waals surface area contributed by atoms with Crippen LogP contribution >= 0.6 is 0 Å². The maximum Gasteiger partial charge on any atom is 0.253 e. The molecule has 4 nitrogen and oxygen atoms in total. The number of halogens is 3. The molecule has 0 N–H and O–H groups in total. The Balaban J connectivity index is 2.13. The zero-order chi connectivity index (χ0) is 19.4. The summed E-state index contributed by atoms with van der Waals surface area (Å²) in [5, 5.41) is 0. The Labute approximate surface area is 149 Å². The smallest absolute Gasteiger partial charge is 0.253 e. The van der Waals surface area contributed by atoms with Crippen LogP contribution in [0.2, 0.25) is 0 Å². The van der Waals surface area contributed by atoms with Crippen molar-refractivity contribution in [2.75, 3.05) is 19.0 Å². The van der Waals surface area contributed by atoms with E-state index in [9.17, 15) is 22.8 Å². The number of nitrogens with zero attached hydrogens (tertiary/aromatic N) is 2. The first-order valence-corrected chi connectivity index (χ1v) is 7.63. The van der Waals surface area contributed by atoms with Gasteiger partial charge in [0.05, 0.1) is 0 Å². The number of benzene rings is 2. The highest BCUT2D eigenvalue weighted by atomic mass is 19.2. The first-order valence-electron chi connectivity index (χ1n) is 7.63. The number of rotatable bonds is 5. The highest BCUT2D eigenvalue weighted by molar-refractivity contribution is 6.01. The van der Waals surface area contributed by atoms with Crippen LogP contribution in [0.25, 0.3) is 0 Å². The molecule has 0 aliphatic rings. The van der Waals surface area contributed by atoms with E-state index in [1.54, 1.807) is 19.2 Å². The summed E-state index contributed by atoms with van der Waals surface area (Å²) >= 11 is 0. The predicted octanol–water partition coefficient (Wildman–Crippen LogP) is 3.52. The van der Waals surface area contributed by atoms with E-state index in [1.807, 2.05) is 0 Å². The molecule has 0 spiro atoms. The fraction of sp³-hybridized carbons (Fsp3) is 0.158. The zero-order valence-electron chi connectivity index (χ0n) is 14.3. The Morgan fingerprint density at radius 2 is 1.58 bits per heavy atom. The molecule has 0 saturated heterocycles. The second kappa shape index (κ2) is 7.86. The van der Waals surface area contributed by atoms with Crippen molar-refractivity contribution in [1.82, 2.24) is 4.90 Å². The SMILES string of the molecule is C=CC(=O)N(C)c1ccc(C(=O)N(C)Cc2cc(F)c(F)c(F)c2)cc1. The monoisotopic (exact) mass is 362 g/mol. The van der Waals surface area contributed by atoms with Crippen molar-refractivity contribution in [3.63, 3.8) is 0 Å². The van der Waals surface area contributed by atoms with E-state index >= 15 is 0 Å². The van der Waals surface area contributed by atoms with Crippen molar-refractivity contribution < 1.29 is 22.8 Å². The van der Waals surface area contributed by atoms with Crippen molar-refractivity contribution in [1.29, 1.82) is 0 Å². The van der Waals surface area contributed by atoms with Gasteiger partial charge in [0, 0.05) is 31.9 Å². The topological polar surface area (TPSA) is 40.6 Å². The average molecular weight is 362 g/mol. The lowest BCUT2D eigenvalue weighted by molar-refractivity contribution is -0.113. The summed E-state index contributed by atoms with van der Waals surface area (Å²) in [7, 11) is 3.04. The number of likely N-dealkylation sites (N-methyl/N-ethyl adjacent to an activating group) is 1. The van der Waals surface area contributed by atoms with Gasteiger partial charge in [-0.25, -0.2) is 13.2 Å². The van der Waals surface area contributed by atoms with E-state index in [4.69, 9.17) is 0 Å². The Hall–Kier alpha value is -3.09.